The number of amides is 12. The van der Waals surface area contributed by atoms with Gasteiger partial charge in [-0.05, 0) is 175 Å². The van der Waals surface area contributed by atoms with Crippen LogP contribution in [-0.2, 0) is 64.6 Å². The summed E-state index contributed by atoms with van der Waals surface area (Å²) in [5.74, 6) is -1.47. The lowest BCUT2D eigenvalue weighted by atomic mass is 9.83. The van der Waals surface area contributed by atoms with Gasteiger partial charge < -0.3 is 67.5 Å². The van der Waals surface area contributed by atoms with Crippen molar-refractivity contribution in [2.24, 2.45) is 54.2 Å². The summed E-state index contributed by atoms with van der Waals surface area (Å²) in [6.07, 6.45) is 35.2. The van der Waals surface area contributed by atoms with Crippen molar-refractivity contribution >= 4 is 127 Å². The second-order valence-corrected chi connectivity index (χ2v) is 43.7. The van der Waals surface area contributed by atoms with Crippen molar-refractivity contribution in [2.75, 3.05) is 54.1 Å². The number of nitrogens with one attached hydrogen (secondary N) is 7. The zero-order valence-corrected chi connectivity index (χ0v) is 89.7. The summed E-state index contributed by atoms with van der Waals surface area (Å²) in [7, 11) is 3.60. The summed E-state index contributed by atoms with van der Waals surface area (Å²) >= 11 is 4.04. The van der Waals surface area contributed by atoms with Gasteiger partial charge in [0, 0.05) is 105 Å². The van der Waals surface area contributed by atoms with Gasteiger partial charge >= 0.3 is 0 Å². The van der Waals surface area contributed by atoms with Gasteiger partial charge in [0.25, 0.3) is 0 Å². The molecule has 9 aromatic rings. The van der Waals surface area contributed by atoms with Crippen molar-refractivity contribution in [1.82, 2.24) is 75.2 Å². The molecule has 35 heteroatoms. The Hall–Kier alpha value is -12.3. The second-order valence-electron chi connectivity index (χ2n) is 41.0. The lowest BCUT2D eigenvalue weighted by Gasteiger charge is -2.35. The Kier molecular flexibility index (Phi) is 41.2. The first kappa shape index (κ1) is 111. The number of carbonyl (C=O) groups excluding carboxylic acids is 12. The smallest absolute Gasteiger partial charge is 0.249 e. The Morgan fingerprint density at radius 1 is 0.426 bits per heavy atom. The van der Waals surface area contributed by atoms with Crippen LogP contribution in [0.5, 0.6) is 0 Å². The number of aromatic nitrogens is 7. The molecule has 148 heavy (non-hydrogen) atoms. The molecule has 0 bridgehead atoms. The number of benzene rings is 4. The average molecular weight is 2080 g/mol. The molecule has 0 spiro atoms. The second kappa shape index (κ2) is 54.7. The number of nitrogens with two attached hydrogens (primary N) is 1. The highest BCUT2D eigenvalue weighted by atomic mass is 32.1. The quantitative estimate of drug-likeness (QED) is 0.0189. The van der Waals surface area contributed by atoms with Gasteiger partial charge in [-0.25, -0.2) is 4.98 Å². The topological polar surface area (TPSA) is 414 Å². The standard InChI is InChI=1S/C31H38N6O3S.C29H41N5O3.C28H37N3O3S.C25H34N6O3S/c1-3-20(2)28(38)34-25(21-11-6-4-7-12-21)31(40)37-18-10-15-24(37)29(39)35-27-26(22-13-8-5-9-14-22)41-30(36-27)23-19-32-16-17-33-23;1-5-20(2)27(35)30-26(22-15-10-7-11-16-22)29(37)34-18-12-17-23(34)28(36)33(4)24-19-32(3)31-25(24)21-13-8-6-9-14-21;1-3-19(2)25(32)29-24(21-13-8-5-9-14-21)28(34)31-17-10-15-23(31)26(33)30-27-22(16-18-35-27)20-11-6-4-7-12-20;1-2-18(26)22(32)27-21(17-12-7-4-8-13-17)25(34)31-15-9-14-19(31)23(33)28-24-20(29-30-35-24)16-10-5-3-6-11-16/h5,8-9,13-14,16-17,19-21,24-25H,3-4,6-7,10-12,15,18H2,1-2H3,(H,34,38)(H,35,39);6,8-9,13-14,19-20,22-23,26H,5,7,10-12,15-18H2,1-4H3,(H,30,35);4,6-7,11-12,16,18-19,21,23-24H,3,5,8-10,13-15,17H2,1-2H3,(H,29,32)(H,30,33);3,5-6,10-11,17-19,21H,2,4,7-9,12-15,26H2,1H3,(H,27,32)(H,28,33)/t20-,24+,25+;20-,23+,26+;19-,23+,24+;18-,19-,21-/m1110/s1. The van der Waals surface area contributed by atoms with Crippen LogP contribution in [0.4, 0.5) is 21.5 Å². The molecule has 12 amide bonds. The number of aryl methyl sites for hydroxylation is 1. The van der Waals surface area contributed by atoms with E-state index in [1.54, 1.807) is 54.8 Å². The zero-order chi connectivity index (χ0) is 105. The highest BCUT2D eigenvalue weighted by Crippen LogP contribution is 2.43. The minimum absolute atomic E-state index is 0.0592. The number of thiazole rings is 1. The van der Waals surface area contributed by atoms with Crippen molar-refractivity contribution in [3.63, 3.8) is 0 Å². The molecule has 792 valence electrons. The van der Waals surface area contributed by atoms with Crippen LogP contribution < -0.4 is 47.9 Å². The molecule has 8 aliphatic rings. The zero-order valence-electron chi connectivity index (χ0n) is 87.3. The molecule has 4 saturated heterocycles. The molecule has 0 radical (unpaired) electrons. The summed E-state index contributed by atoms with van der Waals surface area (Å²) in [6, 6.07) is 35.8. The maximum atomic E-state index is 14.0. The van der Waals surface area contributed by atoms with E-state index in [0.717, 1.165) is 209 Å². The third-order valence-corrected chi connectivity index (χ3v) is 33.6. The molecule has 4 saturated carbocycles. The number of rotatable bonds is 33. The lowest BCUT2D eigenvalue weighted by molar-refractivity contribution is -0.142. The summed E-state index contributed by atoms with van der Waals surface area (Å²) in [5, 5.41) is 34.1. The average Bonchev–Trinajstić information content (AvgIpc) is 1.62. The van der Waals surface area contributed by atoms with E-state index in [4.69, 9.17) is 10.7 Å². The number of hydrogen-bond donors (Lipinski definition) is 8. The van der Waals surface area contributed by atoms with Gasteiger partial charge in [-0.15, -0.1) is 27.8 Å². The van der Waals surface area contributed by atoms with Crippen molar-refractivity contribution in [2.45, 2.75) is 308 Å². The molecule has 5 aromatic heterocycles. The van der Waals surface area contributed by atoms with Gasteiger partial charge in [-0.1, -0.05) is 251 Å². The molecular weight excluding hydrogens is 1930 g/mol. The van der Waals surface area contributed by atoms with E-state index in [-0.39, 0.29) is 112 Å². The number of hydrogen-bond acceptors (Lipinski definition) is 22. The fraction of sp³-hybridized carbons (Fsp3) is 0.540. The molecule has 0 unspecified atom stereocenters. The number of thiophene rings is 1. The fourth-order valence-corrected chi connectivity index (χ4v) is 24.1. The largest absolute Gasteiger partial charge is 0.344 e. The number of anilines is 4. The predicted octanol–water partition coefficient (Wildman–Crippen LogP) is 17.9. The summed E-state index contributed by atoms with van der Waals surface area (Å²) in [6.45, 7) is 15.5. The van der Waals surface area contributed by atoms with E-state index in [1.807, 2.05) is 194 Å². The van der Waals surface area contributed by atoms with Crippen LogP contribution in [0, 0.1) is 41.4 Å². The SMILES string of the molecule is CC[C@@H](C)C(=O)N[C@H](C(=O)N1CCC[C@H]1C(=O)N(C)c1cn(C)nc1-c1ccccc1)C1CCCCC1.CC[C@@H](C)C(=O)N[C@H](C(=O)N1CCC[C@H]1C(=O)Nc1nc(-c2cnccn2)sc1-c1ccccc1)C1CCCCC1.CC[C@@H](C)C(=O)N[C@H](C(=O)N1CCC[C@H]1C(=O)Nc1sccc1-c1ccccc1)C1CCCCC1.CC[C@H](N)C(=O)N[C@H](C(=O)N1CCC[C@H]1C(=O)Nc1snnc1-c1ccccc1)C1CCCCC1. The van der Waals surface area contributed by atoms with Crippen molar-refractivity contribution in [3.05, 3.63) is 158 Å². The monoisotopic (exact) mass is 2080 g/mol. The summed E-state index contributed by atoms with van der Waals surface area (Å²) < 4.78 is 5.73. The Labute approximate surface area is 882 Å². The maximum absolute atomic E-state index is 14.0. The van der Waals surface area contributed by atoms with Crippen LogP contribution in [0.1, 0.15) is 254 Å². The van der Waals surface area contributed by atoms with Gasteiger partial charge in [-0.2, -0.15) is 5.10 Å². The van der Waals surface area contributed by atoms with Gasteiger partial charge in [0.05, 0.1) is 22.8 Å². The molecule has 4 aliphatic carbocycles. The first-order valence-corrected chi connectivity index (χ1v) is 56.5. The first-order valence-electron chi connectivity index (χ1n) is 54.1. The van der Waals surface area contributed by atoms with E-state index in [2.05, 4.69) is 61.9 Å². The van der Waals surface area contributed by atoms with Crippen LogP contribution in [0.3, 0.4) is 0 Å². The maximum Gasteiger partial charge on any atom is 0.249 e. The third kappa shape index (κ3) is 28.4. The van der Waals surface area contributed by atoms with Crippen LogP contribution in [0.25, 0.3) is 54.8 Å². The minimum Gasteiger partial charge on any atom is -0.344 e. The van der Waals surface area contributed by atoms with Gasteiger partial charge in [0.15, 0.2) is 5.82 Å². The number of likely N-dealkylation sites (N-methyl/N-ethyl adjacent to an activating group) is 1. The fourth-order valence-electron chi connectivity index (χ4n) is 21.7. The predicted molar refractivity (Wildman–Crippen MR) is 581 cm³/mol. The molecule has 17 rings (SSSR count). The molecule has 8 fully saturated rings. The third-order valence-electron chi connectivity index (χ3n) is 31.0. The highest BCUT2D eigenvalue weighted by molar-refractivity contribution is 7.19. The van der Waals surface area contributed by atoms with E-state index >= 15 is 0 Å². The highest BCUT2D eigenvalue weighted by Gasteiger charge is 2.48. The van der Waals surface area contributed by atoms with E-state index in [1.165, 1.54) is 35.5 Å². The van der Waals surface area contributed by atoms with Gasteiger partial charge in [0.2, 0.25) is 70.9 Å². The Morgan fingerprint density at radius 3 is 1.21 bits per heavy atom. The number of likely N-dealkylation sites (tertiary alicyclic amines) is 4. The molecule has 32 nitrogen and oxygen atoms in total. The molecule has 9 heterocycles. The number of nitrogens with zero attached hydrogens (tertiary/aromatic N) is 12. The minimum atomic E-state index is -0.654. The normalized spacial score (nSPS) is 19.8. The molecule has 12 atom stereocenters. The summed E-state index contributed by atoms with van der Waals surface area (Å²) in [5.41, 5.74) is 13.4. The van der Waals surface area contributed by atoms with Crippen molar-refractivity contribution < 1.29 is 57.5 Å². The van der Waals surface area contributed by atoms with Crippen LogP contribution >= 0.6 is 34.2 Å². The van der Waals surface area contributed by atoms with Gasteiger partial charge in [0.1, 0.15) is 80.4 Å². The van der Waals surface area contributed by atoms with Crippen LogP contribution in [0.15, 0.2) is 158 Å². The van der Waals surface area contributed by atoms with Crippen LogP contribution in [-0.4, -0.2) is 212 Å². The van der Waals surface area contributed by atoms with E-state index in [0.29, 0.717) is 97.6 Å². The van der Waals surface area contributed by atoms with Crippen LogP contribution in [0.2, 0.25) is 0 Å². The Balaban J connectivity index is 0.000000156. The molecule has 4 aromatic carbocycles. The van der Waals surface area contributed by atoms with Crippen molar-refractivity contribution in [3.8, 4) is 54.8 Å². The van der Waals surface area contributed by atoms with E-state index in [9.17, 15) is 57.5 Å². The summed E-state index contributed by atoms with van der Waals surface area (Å²) in [4.78, 5) is 184. The van der Waals surface area contributed by atoms with Crippen molar-refractivity contribution in [1.29, 1.82) is 0 Å². The number of carbonyl (C=O) groups is 12. The lowest BCUT2D eigenvalue weighted by Crippen LogP contribution is -2.57. The Bertz CT molecular complexity index is 5720. The molecular formula is C113H150N20O12S3. The Morgan fingerprint density at radius 2 is 0.804 bits per heavy atom. The molecule has 4 aliphatic heterocycles. The first-order chi connectivity index (χ1) is 71.7. The van der Waals surface area contributed by atoms with Gasteiger partial charge in [-0.3, -0.25) is 72.2 Å². The van der Waals surface area contributed by atoms with E-state index < -0.39 is 54.4 Å². The molecule has 9 N–H and O–H groups in total.